The second-order valence-corrected chi connectivity index (χ2v) is 5.66. The Balaban J connectivity index is 2.27. The third kappa shape index (κ3) is 2.84. The SMILES string of the molecule is CC[C@]1(C(=O)O)CCCN(C(=O)c2c[nH]c(C)cc2=O)C1. The monoisotopic (exact) mass is 292 g/mol. The molecule has 0 radical (unpaired) electrons. The maximum absolute atomic E-state index is 12.5. The van der Waals surface area contributed by atoms with Crippen molar-refractivity contribution in [2.75, 3.05) is 13.1 Å². The zero-order valence-corrected chi connectivity index (χ0v) is 12.3. The number of H-pyrrole nitrogens is 1. The fourth-order valence-electron chi connectivity index (χ4n) is 2.83. The highest BCUT2D eigenvalue weighted by atomic mass is 16.4. The number of nitrogens with zero attached hydrogens (tertiary/aromatic N) is 1. The van der Waals surface area contributed by atoms with Crippen LogP contribution in [0.1, 0.15) is 42.2 Å². The third-order valence-corrected chi connectivity index (χ3v) is 4.28. The molecular formula is C15H20N2O4. The molecule has 0 bridgehead atoms. The second kappa shape index (κ2) is 5.71. The fraction of sp³-hybridized carbons (Fsp3) is 0.533. The van der Waals surface area contributed by atoms with E-state index in [0.717, 1.165) is 0 Å². The van der Waals surface area contributed by atoms with Crippen molar-refractivity contribution in [3.8, 4) is 0 Å². The van der Waals surface area contributed by atoms with E-state index in [9.17, 15) is 19.5 Å². The van der Waals surface area contributed by atoms with Crippen LogP contribution in [0.2, 0.25) is 0 Å². The predicted octanol–water partition coefficient (Wildman–Crippen LogP) is 1.40. The van der Waals surface area contributed by atoms with Crippen molar-refractivity contribution < 1.29 is 14.7 Å². The predicted molar refractivity (Wildman–Crippen MR) is 77.3 cm³/mol. The topological polar surface area (TPSA) is 90.5 Å². The molecule has 0 saturated carbocycles. The molecule has 1 fully saturated rings. The molecule has 1 aromatic heterocycles. The van der Waals surface area contributed by atoms with Gasteiger partial charge in [-0.15, -0.1) is 0 Å². The van der Waals surface area contributed by atoms with Crippen LogP contribution in [-0.4, -0.2) is 40.0 Å². The number of likely N-dealkylation sites (tertiary alicyclic amines) is 1. The molecule has 2 heterocycles. The smallest absolute Gasteiger partial charge is 0.311 e. The minimum absolute atomic E-state index is 0.0675. The normalized spacial score (nSPS) is 22.1. The lowest BCUT2D eigenvalue weighted by Crippen LogP contribution is -2.50. The number of piperidine rings is 1. The standard InChI is InChI=1S/C15H20N2O4/c1-3-15(14(20)21)5-4-6-17(9-15)13(19)11-8-16-10(2)7-12(11)18/h7-8H,3-6,9H2,1-2H3,(H,16,18)(H,20,21)/t15-/m0/s1. The summed E-state index contributed by atoms with van der Waals surface area (Å²) in [5.74, 6) is -1.27. The Morgan fingerprint density at radius 1 is 1.48 bits per heavy atom. The van der Waals surface area contributed by atoms with E-state index >= 15 is 0 Å². The quantitative estimate of drug-likeness (QED) is 0.881. The number of hydrogen-bond acceptors (Lipinski definition) is 3. The highest BCUT2D eigenvalue weighted by molar-refractivity contribution is 5.94. The lowest BCUT2D eigenvalue weighted by Gasteiger charge is -2.39. The van der Waals surface area contributed by atoms with E-state index in [0.29, 0.717) is 31.5 Å². The highest BCUT2D eigenvalue weighted by Crippen LogP contribution is 2.34. The van der Waals surface area contributed by atoms with Gasteiger partial charge in [0.1, 0.15) is 5.56 Å². The van der Waals surface area contributed by atoms with Crippen molar-refractivity contribution in [2.24, 2.45) is 5.41 Å². The number of aromatic amines is 1. The molecule has 1 aromatic rings. The number of aromatic nitrogens is 1. The average Bonchev–Trinajstić information content (AvgIpc) is 2.46. The summed E-state index contributed by atoms with van der Waals surface area (Å²) in [6, 6.07) is 1.38. The van der Waals surface area contributed by atoms with Gasteiger partial charge in [0, 0.05) is 31.0 Å². The van der Waals surface area contributed by atoms with Gasteiger partial charge in [-0.3, -0.25) is 14.4 Å². The number of pyridine rings is 1. The lowest BCUT2D eigenvalue weighted by atomic mass is 9.77. The van der Waals surface area contributed by atoms with Crippen LogP contribution in [0.4, 0.5) is 0 Å². The van der Waals surface area contributed by atoms with Crippen LogP contribution in [0.25, 0.3) is 0 Å². The summed E-state index contributed by atoms with van der Waals surface area (Å²) in [5, 5.41) is 9.44. The number of rotatable bonds is 3. The summed E-state index contributed by atoms with van der Waals surface area (Å²) in [5.41, 5.74) is -0.480. The summed E-state index contributed by atoms with van der Waals surface area (Å²) >= 11 is 0. The van der Waals surface area contributed by atoms with E-state index in [4.69, 9.17) is 0 Å². The molecule has 1 aliphatic heterocycles. The van der Waals surface area contributed by atoms with Gasteiger partial charge in [0.25, 0.3) is 5.91 Å². The van der Waals surface area contributed by atoms with Crippen molar-refractivity contribution in [2.45, 2.75) is 33.1 Å². The molecule has 1 atom stereocenters. The molecule has 2 rings (SSSR count). The van der Waals surface area contributed by atoms with Gasteiger partial charge in [0.05, 0.1) is 5.41 Å². The number of amides is 1. The van der Waals surface area contributed by atoms with Crippen molar-refractivity contribution in [3.05, 3.63) is 33.7 Å². The molecule has 1 saturated heterocycles. The minimum atomic E-state index is -0.897. The van der Waals surface area contributed by atoms with Gasteiger partial charge in [0.15, 0.2) is 5.43 Å². The molecule has 0 aromatic carbocycles. The van der Waals surface area contributed by atoms with Crippen molar-refractivity contribution in [3.63, 3.8) is 0 Å². The van der Waals surface area contributed by atoms with E-state index in [1.54, 1.807) is 6.92 Å². The summed E-state index contributed by atoms with van der Waals surface area (Å²) in [4.78, 5) is 40.2. The second-order valence-electron chi connectivity index (χ2n) is 5.66. The summed E-state index contributed by atoms with van der Waals surface area (Å²) in [6.45, 7) is 4.20. The van der Waals surface area contributed by atoms with Crippen LogP contribution in [0.5, 0.6) is 0 Å². The first kappa shape index (κ1) is 15.3. The van der Waals surface area contributed by atoms with Crippen molar-refractivity contribution in [1.29, 1.82) is 0 Å². The van der Waals surface area contributed by atoms with E-state index in [1.165, 1.54) is 17.2 Å². The van der Waals surface area contributed by atoms with Crippen LogP contribution >= 0.6 is 0 Å². The van der Waals surface area contributed by atoms with Gasteiger partial charge in [-0.2, -0.15) is 0 Å². The largest absolute Gasteiger partial charge is 0.481 e. The van der Waals surface area contributed by atoms with E-state index in [2.05, 4.69) is 4.98 Å². The molecule has 0 spiro atoms. The average molecular weight is 292 g/mol. The molecule has 2 N–H and O–H groups in total. The van der Waals surface area contributed by atoms with Gasteiger partial charge in [-0.05, 0) is 26.2 Å². The molecule has 21 heavy (non-hydrogen) atoms. The molecule has 6 heteroatoms. The first-order valence-electron chi connectivity index (χ1n) is 7.11. The zero-order chi connectivity index (χ0) is 15.6. The van der Waals surface area contributed by atoms with Gasteiger partial charge < -0.3 is 15.0 Å². The number of nitrogens with one attached hydrogen (secondary N) is 1. The number of carbonyl (C=O) groups excluding carboxylic acids is 1. The summed E-state index contributed by atoms with van der Waals surface area (Å²) in [7, 11) is 0. The molecule has 0 aliphatic carbocycles. The Hall–Kier alpha value is -2.11. The Bertz CT molecular complexity index is 622. The first-order chi connectivity index (χ1) is 9.89. The van der Waals surface area contributed by atoms with E-state index < -0.39 is 17.3 Å². The zero-order valence-electron chi connectivity index (χ0n) is 12.3. The van der Waals surface area contributed by atoms with Crippen LogP contribution in [0.3, 0.4) is 0 Å². The number of hydrogen-bond donors (Lipinski definition) is 2. The van der Waals surface area contributed by atoms with E-state index in [1.807, 2.05) is 6.92 Å². The van der Waals surface area contributed by atoms with Crippen molar-refractivity contribution >= 4 is 11.9 Å². The molecule has 1 aliphatic rings. The number of carboxylic acid groups (broad SMARTS) is 1. The van der Waals surface area contributed by atoms with Crippen LogP contribution in [0.15, 0.2) is 17.1 Å². The Morgan fingerprint density at radius 2 is 2.19 bits per heavy atom. The van der Waals surface area contributed by atoms with Gasteiger partial charge >= 0.3 is 5.97 Å². The van der Waals surface area contributed by atoms with Crippen molar-refractivity contribution in [1.82, 2.24) is 9.88 Å². The number of aliphatic carboxylic acids is 1. The number of carboxylic acids is 1. The molecular weight excluding hydrogens is 272 g/mol. The van der Waals surface area contributed by atoms with Crippen LogP contribution in [0, 0.1) is 12.3 Å². The Morgan fingerprint density at radius 3 is 2.76 bits per heavy atom. The van der Waals surface area contributed by atoms with Crippen LogP contribution in [-0.2, 0) is 4.79 Å². The van der Waals surface area contributed by atoms with Gasteiger partial charge in [0.2, 0.25) is 0 Å². The van der Waals surface area contributed by atoms with E-state index in [-0.39, 0.29) is 17.5 Å². The Labute approximate surface area is 122 Å². The Kier molecular flexibility index (Phi) is 4.16. The first-order valence-corrected chi connectivity index (χ1v) is 7.11. The molecule has 1 amide bonds. The van der Waals surface area contributed by atoms with Crippen LogP contribution < -0.4 is 5.43 Å². The highest BCUT2D eigenvalue weighted by Gasteiger charge is 2.42. The maximum Gasteiger partial charge on any atom is 0.311 e. The summed E-state index contributed by atoms with van der Waals surface area (Å²) in [6.07, 6.45) is 3.07. The maximum atomic E-state index is 12.5. The summed E-state index contributed by atoms with van der Waals surface area (Å²) < 4.78 is 0. The third-order valence-electron chi connectivity index (χ3n) is 4.28. The fourth-order valence-corrected chi connectivity index (χ4v) is 2.83. The minimum Gasteiger partial charge on any atom is -0.481 e. The number of carbonyl (C=O) groups is 2. The molecule has 114 valence electrons. The van der Waals surface area contributed by atoms with Gasteiger partial charge in [-0.25, -0.2) is 0 Å². The molecule has 0 unspecified atom stereocenters. The lowest BCUT2D eigenvalue weighted by molar-refractivity contribution is -0.152. The number of aryl methyl sites for hydroxylation is 1. The molecule has 6 nitrogen and oxygen atoms in total. The van der Waals surface area contributed by atoms with Gasteiger partial charge in [-0.1, -0.05) is 6.92 Å².